The third-order valence-electron chi connectivity index (χ3n) is 7.08. The summed E-state index contributed by atoms with van der Waals surface area (Å²) in [6.45, 7) is 8.49. The standard InChI is InChI=1S/C30H53N9O10/c1-15(2)13-18(14-40)36-28(48)20(7-6-12-34-30(32)33)38-29(49)24(16(3)4)39-25(45)17(5)35-27(47)21(9-11-23(43)44)37-26(46)19(31)8-10-22(41)42/h14-21,24H,6-13,31H2,1-5H3,(H,35,47)(H,36,48)(H,37,46)(H,38,49)(H,39,45)(H,41,42)(H,43,44)(H4,32,33,34)/t17-,18-,19-,20-,21-,24-/m0/s1. The number of amides is 5. The SMILES string of the molecule is CC(C)C[C@@H](C=O)NC(=O)[C@H](CCCN=C(N)N)NC(=O)[C@@H](NC(=O)[C@H](C)NC(=O)[C@H](CCC(=O)O)NC(=O)[C@@H](N)CCC(=O)O)C(C)C. The molecule has 0 radical (unpaired) electrons. The minimum atomic E-state index is -1.43. The third-order valence-corrected chi connectivity index (χ3v) is 7.08. The minimum absolute atomic E-state index is 0.0935. The molecule has 5 amide bonds. The van der Waals surface area contributed by atoms with Crippen molar-refractivity contribution in [3.8, 4) is 0 Å². The topological polar surface area (TPSA) is 328 Å². The second-order valence-corrected chi connectivity index (χ2v) is 12.4. The summed E-state index contributed by atoms with van der Waals surface area (Å²) in [6, 6.07) is -7.10. The number of nitrogens with one attached hydrogen (secondary N) is 5. The van der Waals surface area contributed by atoms with Crippen LogP contribution in [0.3, 0.4) is 0 Å². The molecule has 6 atom stereocenters. The molecule has 0 aromatic carbocycles. The molecule has 0 spiro atoms. The lowest BCUT2D eigenvalue weighted by molar-refractivity contribution is -0.139. The maximum absolute atomic E-state index is 13.4. The number of carboxylic acids is 2. The van der Waals surface area contributed by atoms with Gasteiger partial charge in [0.1, 0.15) is 30.5 Å². The number of hydrogen-bond donors (Lipinski definition) is 10. The predicted octanol–water partition coefficient (Wildman–Crippen LogP) is -2.56. The van der Waals surface area contributed by atoms with Crippen molar-refractivity contribution in [2.45, 2.75) is 116 Å². The molecule has 0 fully saturated rings. The highest BCUT2D eigenvalue weighted by Gasteiger charge is 2.32. The lowest BCUT2D eigenvalue weighted by Crippen LogP contribution is -2.59. The molecule has 0 bridgehead atoms. The Labute approximate surface area is 285 Å². The third kappa shape index (κ3) is 18.9. The quantitative estimate of drug-likeness (QED) is 0.0215. The summed E-state index contributed by atoms with van der Waals surface area (Å²) in [7, 11) is 0. The zero-order valence-electron chi connectivity index (χ0n) is 28.7. The number of hydrogen-bond acceptors (Lipinski definition) is 10. The van der Waals surface area contributed by atoms with Crippen LogP contribution < -0.4 is 43.8 Å². The summed E-state index contributed by atoms with van der Waals surface area (Å²) in [5.41, 5.74) is 16.4. The van der Waals surface area contributed by atoms with Crippen LogP contribution in [0, 0.1) is 11.8 Å². The molecule has 19 heteroatoms. The van der Waals surface area contributed by atoms with E-state index >= 15 is 0 Å². The van der Waals surface area contributed by atoms with E-state index in [4.69, 9.17) is 27.4 Å². The lowest BCUT2D eigenvalue weighted by atomic mass is 10.0. The van der Waals surface area contributed by atoms with E-state index in [0.29, 0.717) is 12.7 Å². The molecule has 0 saturated heterocycles. The van der Waals surface area contributed by atoms with Crippen molar-refractivity contribution >= 4 is 53.7 Å². The molecule has 0 aromatic rings. The second-order valence-electron chi connectivity index (χ2n) is 12.4. The zero-order chi connectivity index (χ0) is 37.8. The first-order valence-corrected chi connectivity index (χ1v) is 16.0. The highest BCUT2D eigenvalue weighted by molar-refractivity contribution is 5.96. The summed E-state index contributed by atoms with van der Waals surface area (Å²) in [5.74, 6) is -6.97. The monoisotopic (exact) mass is 699 g/mol. The summed E-state index contributed by atoms with van der Waals surface area (Å²) in [6.07, 6.45) is -0.174. The smallest absolute Gasteiger partial charge is 0.303 e. The summed E-state index contributed by atoms with van der Waals surface area (Å²) >= 11 is 0. The summed E-state index contributed by atoms with van der Waals surface area (Å²) < 4.78 is 0. The van der Waals surface area contributed by atoms with Crippen LogP contribution >= 0.6 is 0 Å². The van der Waals surface area contributed by atoms with Crippen molar-refractivity contribution in [2.75, 3.05) is 6.54 Å². The summed E-state index contributed by atoms with van der Waals surface area (Å²) in [4.78, 5) is 103. The lowest BCUT2D eigenvalue weighted by Gasteiger charge is -2.27. The number of aliphatic carboxylic acids is 2. The van der Waals surface area contributed by atoms with Crippen LogP contribution in [0.5, 0.6) is 0 Å². The van der Waals surface area contributed by atoms with E-state index in [1.54, 1.807) is 13.8 Å². The molecular formula is C30H53N9O10. The second kappa shape index (κ2) is 22.7. The van der Waals surface area contributed by atoms with Gasteiger partial charge in [0.2, 0.25) is 29.5 Å². The molecule has 0 unspecified atom stereocenters. The van der Waals surface area contributed by atoms with Crippen molar-refractivity contribution < 1.29 is 48.6 Å². The molecule has 13 N–H and O–H groups in total. The molecule has 0 heterocycles. The van der Waals surface area contributed by atoms with Gasteiger partial charge in [0.15, 0.2) is 5.96 Å². The van der Waals surface area contributed by atoms with Crippen molar-refractivity contribution in [1.82, 2.24) is 26.6 Å². The van der Waals surface area contributed by atoms with Crippen LogP contribution in [-0.2, 0) is 38.4 Å². The van der Waals surface area contributed by atoms with Gasteiger partial charge in [0.25, 0.3) is 0 Å². The average molecular weight is 700 g/mol. The van der Waals surface area contributed by atoms with Gasteiger partial charge in [-0.2, -0.15) is 0 Å². The number of nitrogens with two attached hydrogens (primary N) is 3. The van der Waals surface area contributed by atoms with Crippen molar-refractivity contribution in [3.05, 3.63) is 0 Å². The highest BCUT2D eigenvalue weighted by Crippen LogP contribution is 2.09. The molecular weight excluding hydrogens is 646 g/mol. The zero-order valence-corrected chi connectivity index (χ0v) is 28.7. The van der Waals surface area contributed by atoms with Gasteiger partial charge in [-0.15, -0.1) is 0 Å². The van der Waals surface area contributed by atoms with E-state index in [-0.39, 0.29) is 44.1 Å². The Balaban J connectivity index is 5.75. The fourth-order valence-electron chi connectivity index (χ4n) is 4.39. The van der Waals surface area contributed by atoms with E-state index in [0.717, 1.165) is 0 Å². The number of carbonyl (C=O) groups excluding carboxylic acids is 6. The van der Waals surface area contributed by atoms with Gasteiger partial charge in [0.05, 0.1) is 12.1 Å². The Kier molecular flexibility index (Phi) is 20.5. The van der Waals surface area contributed by atoms with Crippen LogP contribution in [0.15, 0.2) is 4.99 Å². The van der Waals surface area contributed by atoms with Gasteiger partial charge in [-0.1, -0.05) is 27.7 Å². The summed E-state index contributed by atoms with van der Waals surface area (Å²) in [5, 5.41) is 30.3. The molecule has 0 aliphatic rings. The van der Waals surface area contributed by atoms with Gasteiger partial charge in [0, 0.05) is 19.4 Å². The molecule has 0 aliphatic carbocycles. The van der Waals surface area contributed by atoms with E-state index in [1.165, 1.54) is 6.92 Å². The number of nitrogens with zero attached hydrogens (tertiary/aromatic N) is 1. The number of rotatable bonds is 24. The van der Waals surface area contributed by atoms with Crippen LogP contribution in [-0.4, -0.2) is 107 Å². The Morgan fingerprint density at radius 1 is 0.694 bits per heavy atom. The van der Waals surface area contributed by atoms with Gasteiger partial charge in [-0.05, 0) is 50.9 Å². The number of aldehydes is 1. The number of carboxylic acid groups (broad SMARTS) is 2. The van der Waals surface area contributed by atoms with Gasteiger partial charge in [-0.3, -0.25) is 38.6 Å². The maximum atomic E-state index is 13.4. The molecule has 278 valence electrons. The molecule has 0 aromatic heterocycles. The maximum Gasteiger partial charge on any atom is 0.303 e. The Morgan fingerprint density at radius 2 is 1.22 bits per heavy atom. The van der Waals surface area contributed by atoms with E-state index in [9.17, 15) is 38.4 Å². The Hall–Kier alpha value is -4.81. The van der Waals surface area contributed by atoms with Gasteiger partial charge < -0.3 is 58.8 Å². The van der Waals surface area contributed by atoms with Gasteiger partial charge in [-0.25, -0.2) is 0 Å². The first-order valence-electron chi connectivity index (χ1n) is 16.0. The molecule has 19 nitrogen and oxygen atoms in total. The highest BCUT2D eigenvalue weighted by atomic mass is 16.4. The van der Waals surface area contributed by atoms with Crippen LogP contribution in [0.2, 0.25) is 0 Å². The average Bonchev–Trinajstić information content (AvgIpc) is 3.00. The largest absolute Gasteiger partial charge is 0.481 e. The van der Waals surface area contributed by atoms with Crippen LogP contribution in [0.1, 0.15) is 79.6 Å². The Morgan fingerprint density at radius 3 is 1.73 bits per heavy atom. The molecule has 49 heavy (non-hydrogen) atoms. The molecule has 0 saturated carbocycles. The predicted molar refractivity (Wildman–Crippen MR) is 177 cm³/mol. The van der Waals surface area contributed by atoms with E-state index in [1.807, 2.05) is 13.8 Å². The number of aliphatic imine (C=N–C) groups is 1. The fourth-order valence-corrected chi connectivity index (χ4v) is 4.39. The first kappa shape index (κ1) is 44.2. The molecule has 0 aliphatic heterocycles. The Bertz CT molecular complexity index is 1190. The van der Waals surface area contributed by atoms with Crippen LogP contribution in [0.4, 0.5) is 0 Å². The van der Waals surface area contributed by atoms with E-state index in [2.05, 4.69) is 31.6 Å². The van der Waals surface area contributed by atoms with Crippen molar-refractivity contribution in [3.63, 3.8) is 0 Å². The van der Waals surface area contributed by atoms with Crippen LogP contribution in [0.25, 0.3) is 0 Å². The molecule has 0 rings (SSSR count). The number of guanidine groups is 1. The normalized spacial score (nSPS) is 14.6. The minimum Gasteiger partial charge on any atom is -0.481 e. The van der Waals surface area contributed by atoms with E-state index < -0.39 is 96.5 Å². The number of carbonyl (C=O) groups is 8. The first-order chi connectivity index (χ1) is 22.8. The fraction of sp³-hybridized carbons (Fsp3) is 0.700. The van der Waals surface area contributed by atoms with Gasteiger partial charge >= 0.3 is 11.9 Å². The van der Waals surface area contributed by atoms with Crippen molar-refractivity contribution in [2.24, 2.45) is 34.0 Å². The van der Waals surface area contributed by atoms with Crippen molar-refractivity contribution in [1.29, 1.82) is 0 Å².